The lowest BCUT2D eigenvalue weighted by atomic mass is 10.3. The first kappa shape index (κ1) is 15.8. The van der Waals surface area contributed by atoms with Crippen LogP contribution in [0.2, 0.25) is 0 Å². The van der Waals surface area contributed by atoms with E-state index in [4.69, 9.17) is 0 Å². The van der Waals surface area contributed by atoms with Crippen LogP contribution < -0.4 is 5.32 Å². The molecule has 0 bridgehead atoms. The molecule has 1 heterocycles. The number of esters is 1. The minimum absolute atomic E-state index is 0.0288. The van der Waals surface area contributed by atoms with Gasteiger partial charge in [0.15, 0.2) is 0 Å². The molecule has 1 fully saturated rings. The summed E-state index contributed by atoms with van der Waals surface area (Å²) < 4.78 is 4.62. The molecule has 110 valence electrons. The highest BCUT2D eigenvalue weighted by atomic mass is 16.5. The Labute approximate surface area is 115 Å². The Morgan fingerprint density at radius 2 is 1.89 bits per heavy atom. The molecule has 0 saturated carbocycles. The number of amides is 2. The number of unbranched alkanes of at least 4 members (excludes halogenated alkanes) is 1. The van der Waals surface area contributed by atoms with Crippen LogP contribution in [0.4, 0.5) is 4.79 Å². The van der Waals surface area contributed by atoms with Crippen LogP contribution in [-0.4, -0.2) is 68.2 Å². The number of carbonyl (C=O) groups excluding carboxylic acids is 2. The molecule has 0 aliphatic carbocycles. The maximum absolute atomic E-state index is 11.8. The molecule has 19 heavy (non-hydrogen) atoms. The summed E-state index contributed by atoms with van der Waals surface area (Å²) in [5.41, 5.74) is 0. The topological polar surface area (TPSA) is 61.9 Å². The Morgan fingerprint density at radius 1 is 1.21 bits per heavy atom. The van der Waals surface area contributed by atoms with Crippen LogP contribution in [-0.2, 0) is 9.53 Å². The van der Waals surface area contributed by atoms with Crippen molar-refractivity contribution in [3.8, 4) is 0 Å². The van der Waals surface area contributed by atoms with Crippen LogP contribution >= 0.6 is 0 Å². The van der Waals surface area contributed by atoms with E-state index >= 15 is 0 Å². The molecule has 1 aliphatic rings. The van der Waals surface area contributed by atoms with Crippen molar-refractivity contribution < 1.29 is 14.3 Å². The maximum Gasteiger partial charge on any atom is 0.317 e. The van der Waals surface area contributed by atoms with Gasteiger partial charge in [-0.25, -0.2) is 4.79 Å². The number of hydrogen-bond donors (Lipinski definition) is 1. The van der Waals surface area contributed by atoms with Crippen LogP contribution in [0.3, 0.4) is 0 Å². The Kier molecular flexibility index (Phi) is 7.25. The second-order valence-corrected chi connectivity index (χ2v) is 4.74. The van der Waals surface area contributed by atoms with E-state index in [0.717, 1.165) is 45.6 Å². The maximum atomic E-state index is 11.8. The summed E-state index contributed by atoms with van der Waals surface area (Å²) in [6, 6.07) is 0.0288. The van der Waals surface area contributed by atoms with Crippen molar-refractivity contribution in [1.82, 2.24) is 15.1 Å². The highest BCUT2D eigenvalue weighted by Crippen LogP contribution is 2.03. The lowest BCUT2D eigenvalue weighted by molar-refractivity contribution is -0.141. The van der Waals surface area contributed by atoms with E-state index < -0.39 is 0 Å². The molecule has 1 rings (SSSR count). The summed E-state index contributed by atoms with van der Waals surface area (Å²) in [6.07, 6.45) is 2.52. The molecule has 0 unspecified atom stereocenters. The number of piperazine rings is 1. The van der Waals surface area contributed by atoms with Crippen molar-refractivity contribution >= 4 is 12.0 Å². The molecule has 6 nitrogen and oxygen atoms in total. The molecule has 0 spiro atoms. The van der Waals surface area contributed by atoms with Gasteiger partial charge in [-0.1, -0.05) is 13.3 Å². The van der Waals surface area contributed by atoms with E-state index in [2.05, 4.69) is 21.9 Å². The number of methoxy groups -OCH3 is 1. The monoisotopic (exact) mass is 271 g/mol. The van der Waals surface area contributed by atoms with Gasteiger partial charge in [-0.3, -0.25) is 9.69 Å². The third-order valence-electron chi connectivity index (χ3n) is 3.33. The van der Waals surface area contributed by atoms with E-state index in [1.807, 2.05) is 4.90 Å². The summed E-state index contributed by atoms with van der Waals surface area (Å²) >= 11 is 0. The molecule has 2 amide bonds. The molecule has 0 aromatic heterocycles. The number of carbonyl (C=O) groups is 2. The van der Waals surface area contributed by atoms with Gasteiger partial charge in [0.2, 0.25) is 0 Å². The van der Waals surface area contributed by atoms with E-state index in [-0.39, 0.29) is 12.0 Å². The first-order valence-corrected chi connectivity index (χ1v) is 6.99. The lowest BCUT2D eigenvalue weighted by Gasteiger charge is -2.34. The zero-order chi connectivity index (χ0) is 14.1. The van der Waals surface area contributed by atoms with Crippen LogP contribution in [0.5, 0.6) is 0 Å². The quantitative estimate of drug-likeness (QED) is 0.570. The van der Waals surface area contributed by atoms with E-state index in [1.165, 1.54) is 7.11 Å². The number of nitrogens with one attached hydrogen (secondary N) is 1. The van der Waals surface area contributed by atoms with E-state index in [1.54, 1.807) is 0 Å². The molecule has 0 aromatic carbocycles. The summed E-state index contributed by atoms with van der Waals surface area (Å²) in [5, 5.41) is 2.92. The van der Waals surface area contributed by atoms with Gasteiger partial charge in [0.05, 0.1) is 13.5 Å². The van der Waals surface area contributed by atoms with Crippen molar-refractivity contribution in [2.75, 3.05) is 46.4 Å². The third-order valence-corrected chi connectivity index (χ3v) is 3.33. The van der Waals surface area contributed by atoms with Crippen molar-refractivity contribution in [2.45, 2.75) is 26.2 Å². The van der Waals surface area contributed by atoms with Gasteiger partial charge in [-0.2, -0.15) is 0 Å². The van der Waals surface area contributed by atoms with Gasteiger partial charge < -0.3 is 15.0 Å². The van der Waals surface area contributed by atoms with Gasteiger partial charge in [0.25, 0.3) is 0 Å². The number of urea groups is 1. The minimum atomic E-state index is -0.181. The second-order valence-electron chi connectivity index (χ2n) is 4.74. The molecule has 0 radical (unpaired) electrons. The van der Waals surface area contributed by atoms with Crippen molar-refractivity contribution in [2.24, 2.45) is 0 Å². The molecule has 0 aromatic rings. The average Bonchev–Trinajstić information content (AvgIpc) is 2.45. The predicted octanol–water partition coefficient (Wildman–Crippen LogP) is 0.677. The fraction of sp³-hybridized carbons (Fsp3) is 0.846. The van der Waals surface area contributed by atoms with Crippen molar-refractivity contribution in [3.63, 3.8) is 0 Å². The van der Waals surface area contributed by atoms with Gasteiger partial charge in [-0.15, -0.1) is 0 Å². The van der Waals surface area contributed by atoms with Crippen LogP contribution in [0.1, 0.15) is 26.2 Å². The number of rotatable bonds is 6. The van der Waals surface area contributed by atoms with Crippen molar-refractivity contribution in [1.29, 1.82) is 0 Å². The smallest absolute Gasteiger partial charge is 0.317 e. The summed E-state index contributed by atoms with van der Waals surface area (Å²) in [6.45, 7) is 6.64. The predicted molar refractivity (Wildman–Crippen MR) is 73.0 cm³/mol. The molecule has 1 aliphatic heterocycles. The molecular weight excluding hydrogens is 246 g/mol. The molecular formula is C13H25N3O3. The molecule has 6 heteroatoms. The van der Waals surface area contributed by atoms with Crippen LogP contribution in [0.25, 0.3) is 0 Å². The first-order valence-electron chi connectivity index (χ1n) is 6.99. The highest BCUT2D eigenvalue weighted by molar-refractivity contribution is 5.74. The largest absolute Gasteiger partial charge is 0.469 e. The Balaban J connectivity index is 2.17. The van der Waals surface area contributed by atoms with E-state index in [9.17, 15) is 9.59 Å². The summed E-state index contributed by atoms with van der Waals surface area (Å²) in [5.74, 6) is -0.181. The molecule has 0 atom stereocenters. The Morgan fingerprint density at radius 3 is 2.47 bits per heavy atom. The average molecular weight is 271 g/mol. The summed E-state index contributed by atoms with van der Waals surface area (Å²) in [4.78, 5) is 26.9. The van der Waals surface area contributed by atoms with Gasteiger partial charge >= 0.3 is 12.0 Å². The number of hydrogen-bond acceptors (Lipinski definition) is 4. The zero-order valence-electron chi connectivity index (χ0n) is 12.0. The van der Waals surface area contributed by atoms with Crippen LogP contribution in [0.15, 0.2) is 0 Å². The second kappa shape index (κ2) is 8.74. The fourth-order valence-corrected chi connectivity index (χ4v) is 2.01. The minimum Gasteiger partial charge on any atom is -0.469 e. The SMILES string of the molecule is CCCCNC(=O)N1CCN(CCC(=O)OC)CC1. The Bertz CT molecular complexity index is 289. The van der Waals surface area contributed by atoms with E-state index in [0.29, 0.717) is 13.0 Å². The fourth-order valence-electron chi connectivity index (χ4n) is 2.01. The molecule has 1 N–H and O–H groups in total. The number of nitrogens with zero attached hydrogens (tertiary/aromatic N) is 2. The standard InChI is InChI=1S/C13H25N3O3/c1-3-4-6-14-13(18)16-10-8-15(9-11-16)7-5-12(17)19-2/h3-11H2,1-2H3,(H,14,18). The lowest BCUT2D eigenvalue weighted by Crippen LogP contribution is -2.52. The first-order chi connectivity index (χ1) is 9.17. The summed E-state index contributed by atoms with van der Waals surface area (Å²) in [7, 11) is 1.40. The zero-order valence-corrected chi connectivity index (χ0v) is 12.0. The molecule has 1 saturated heterocycles. The van der Waals surface area contributed by atoms with Gasteiger partial charge in [0, 0.05) is 39.3 Å². The van der Waals surface area contributed by atoms with Crippen molar-refractivity contribution in [3.05, 3.63) is 0 Å². The Hall–Kier alpha value is -1.30. The van der Waals surface area contributed by atoms with Gasteiger partial charge in [-0.05, 0) is 6.42 Å². The number of ether oxygens (including phenoxy) is 1. The van der Waals surface area contributed by atoms with Gasteiger partial charge in [0.1, 0.15) is 0 Å². The third kappa shape index (κ3) is 5.92. The highest BCUT2D eigenvalue weighted by Gasteiger charge is 2.20. The van der Waals surface area contributed by atoms with Crippen LogP contribution in [0, 0.1) is 0 Å². The normalized spacial score (nSPS) is 16.2.